The molecule has 1 aromatic carbocycles. The molecule has 0 N–H and O–H groups in total. The second kappa shape index (κ2) is 12.8. The zero-order valence-electron chi connectivity index (χ0n) is 21.7. The summed E-state index contributed by atoms with van der Waals surface area (Å²) in [7, 11) is 0. The molecule has 0 aliphatic heterocycles. The van der Waals surface area contributed by atoms with Gasteiger partial charge in [0.15, 0.2) is 0 Å². The van der Waals surface area contributed by atoms with E-state index in [0.29, 0.717) is 5.56 Å². The van der Waals surface area contributed by atoms with Gasteiger partial charge in [0, 0.05) is 11.8 Å². The third kappa shape index (κ3) is 7.56. The fourth-order valence-corrected chi connectivity index (χ4v) is 4.50. The average Bonchev–Trinajstić information content (AvgIpc) is 3.46. The Kier molecular flexibility index (Phi) is 9.36. The van der Waals surface area contributed by atoms with Crippen molar-refractivity contribution in [2.24, 2.45) is 0 Å². The average molecular weight is 601 g/mol. The van der Waals surface area contributed by atoms with Gasteiger partial charge in [0.25, 0.3) is 17.3 Å². The van der Waals surface area contributed by atoms with Crippen molar-refractivity contribution < 1.29 is 39.5 Å². The Labute approximate surface area is 233 Å². The van der Waals surface area contributed by atoms with E-state index in [0.717, 1.165) is 61.1 Å². The molecule has 5 rings (SSSR count). The van der Waals surface area contributed by atoms with E-state index in [1.54, 1.807) is 6.07 Å². The molecule has 3 aromatic heterocycles. The van der Waals surface area contributed by atoms with E-state index in [4.69, 9.17) is 4.42 Å². The molecule has 0 atom stereocenters. The normalized spacial score (nSPS) is 14.5. The van der Waals surface area contributed by atoms with Crippen LogP contribution in [0.1, 0.15) is 72.7 Å². The highest BCUT2D eigenvalue weighted by atomic mass is 19.4. The summed E-state index contributed by atoms with van der Waals surface area (Å²) in [5, 5.41) is 10.9. The summed E-state index contributed by atoms with van der Waals surface area (Å²) < 4.78 is 107. The van der Waals surface area contributed by atoms with Gasteiger partial charge in [-0.05, 0) is 37.0 Å². The van der Waals surface area contributed by atoms with Gasteiger partial charge in [-0.15, -0.1) is 10.2 Å². The number of hydrogen-bond donors (Lipinski definition) is 0. The molecule has 0 radical (unpaired) electrons. The van der Waals surface area contributed by atoms with Crippen molar-refractivity contribution in [1.82, 2.24) is 25.0 Å². The second-order valence-corrected chi connectivity index (χ2v) is 9.39. The zero-order valence-corrected chi connectivity index (χ0v) is 21.7. The Balaban J connectivity index is 0.000000343. The van der Waals surface area contributed by atoms with Gasteiger partial charge >= 0.3 is 18.8 Å². The maximum Gasteiger partial charge on any atom is 0.418 e. The summed E-state index contributed by atoms with van der Waals surface area (Å²) in [6.07, 6.45) is -6.42. The van der Waals surface area contributed by atoms with Gasteiger partial charge in [-0.2, -0.15) is 40.2 Å². The van der Waals surface area contributed by atoms with Gasteiger partial charge in [0.2, 0.25) is 0 Å². The molecule has 1 saturated carbocycles. The molecule has 224 valence electrons. The molecule has 0 amide bonds. The molecule has 0 bridgehead atoms. The van der Waals surface area contributed by atoms with Crippen molar-refractivity contribution in [2.75, 3.05) is 0 Å². The van der Waals surface area contributed by atoms with E-state index in [2.05, 4.69) is 20.3 Å². The van der Waals surface area contributed by atoms with Gasteiger partial charge in [0.1, 0.15) is 5.69 Å². The van der Waals surface area contributed by atoms with E-state index in [9.17, 15) is 39.9 Å². The maximum absolute atomic E-state index is 13.4. The van der Waals surface area contributed by atoms with Crippen LogP contribution in [-0.2, 0) is 18.9 Å². The predicted octanol–water partition coefficient (Wildman–Crippen LogP) is 7.45. The minimum atomic E-state index is -4.67. The Morgan fingerprint density at radius 2 is 1.60 bits per heavy atom. The van der Waals surface area contributed by atoms with Crippen molar-refractivity contribution in [3.63, 3.8) is 0 Å². The largest absolute Gasteiger partial charge is 0.418 e. The van der Waals surface area contributed by atoms with E-state index in [1.165, 1.54) is 24.4 Å². The molecular weight excluding hydrogens is 578 g/mol. The number of pyridine rings is 1. The van der Waals surface area contributed by atoms with Crippen LogP contribution in [0.2, 0.25) is 0 Å². The van der Waals surface area contributed by atoms with Crippen LogP contribution in [0, 0.1) is 0 Å². The monoisotopic (exact) mass is 601 g/mol. The van der Waals surface area contributed by atoms with Crippen LogP contribution in [0.4, 0.5) is 35.1 Å². The molecule has 0 spiro atoms. The van der Waals surface area contributed by atoms with Crippen molar-refractivity contribution >= 4 is 0 Å². The van der Waals surface area contributed by atoms with Gasteiger partial charge in [-0.3, -0.25) is 9.78 Å². The van der Waals surface area contributed by atoms with Crippen molar-refractivity contribution in [3.8, 4) is 11.6 Å². The summed E-state index contributed by atoms with van der Waals surface area (Å²) in [5.41, 5.74) is -2.27. The van der Waals surface area contributed by atoms with Crippen molar-refractivity contribution in [1.29, 1.82) is 0 Å². The van der Waals surface area contributed by atoms with Crippen LogP contribution in [0.3, 0.4) is 0 Å². The first kappa shape index (κ1) is 30.8. The second-order valence-electron chi connectivity index (χ2n) is 9.39. The number of halogens is 8. The first-order valence-electron chi connectivity index (χ1n) is 12.7. The number of rotatable bonds is 5. The summed E-state index contributed by atoms with van der Waals surface area (Å²) in [4.78, 5) is 16.9. The molecule has 7 nitrogen and oxygen atoms in total. The Bertz CT molecular complexity index is 1530. The quantitative estimate of drug-likeness (QED) is 0.221. The summed E-state index contributed by atoms with van der Waals surface area (Å²) >= 11 is 0. The predicted molar refractivity (Wildman–Crippen MR) is 132 cm³/mol. The lowest BCUT2D eigenvalue weighted by molar-refractivity contribution is -0.139. The van der Waals surface area contributed by atoms with Gasteiger partial charge in [-0.25, -0.2) is 4.68 Å². The number of nitrogens with zero attached hydrogens (tertiary/aromatic N) is 5. The Morgan fingerprint density at radius 1 is 0.905 bits per heavy atom. The van der Waals surface area contributed by atoms with Crippen LogP contribution in [0.5, 0.6) is 0 Å². The van der Waals surface area contributed by atoms with Gasteiger partial charge < -0.3 is 4.42 Å². The van der Waals surface area contributed by atoms with Crippen LogP contribution in [0.15, 0.2) is 63.9 Å². The maximum atomic E-state index is 13.4. The van der Waals surface area contributed by atoms with E-state index >= 15 is 0 Å². The van der Waals surface area contributed by atoms with Gasteiger partial charge in [-0.1, -0.05) is 49.6 Å². The first-order valence-corrected chi connectivity index (χ1v) is 12.7. The van der Waals surface area contributed by atoms with Crippen molar-refractivity contribution in [2.45, 2.75) is 63.3 Å². The minimum absolute atomic E-state index is 0.0611. The molecule has 1 aliphatic rings. The Morgan fingerprint density at radius 3 is 2.17 bits per heavy atom. The third-order valence-corrected chi connectivity index (χ3v) is 6.49. The van der Waals surface area contributed by atoms with Gasteiger partial charge in [0.05, 0.1) is 23.4 Å². The molecule has 42 heavy (non-hydrogen) atoms. The topological polar surface area (TPSA) is 86.7 Å². The van der Waals surface area contributed by atoms with Crippen LogP contribution >= 0.6 is 0 Å². The standard InChI is InChI=1S/C20H18F5N5O2.C7H5F3/c21-16(22)18-28-27-17(32-18)14-9-12(11-5-2-1-3-6-11)19(31)30(29-14)10-15-13(20(23,24)25)7-4-8-26-15;8-7(9,10)6-4-2-1-3-5-6/h4,7-9,11,16H,1-3,5-6,10H2;1-5H. The minimum Gasteiger partial charge on any atom is -0.413 e. The summed E-state index contributed by atoms with van der Waals surface area (Å²) in [5.74, 6) is -1.39. The molecule has 3 heterocycles. The van der Waals surface area contributed by atoms with E-state index < -0.39 is 47.9 Å². The number of hydrogen-bond acceptors (Lipinski definition) is 6. The Hall–Kier alpha value is -4.17. The summed E-state index contributed by atoms with van der Waals surface area (Å²) in [6, 6.07) is 9.78. The van der Waals surface area contributed by atoms with E-state index in [-0.39, 0.29) is 23.2 Å². The number of benzene rings is 1. The number of alkyl halides is 8. The van der Waals surface area contributed by atoms with Crippen LogP contribution in [0.25, 0.3) is 11.6 Å². The lowest BCUT2D eigenvalue weighted by Crippen LogP contribution is -2.30. The summed E-state index contributed by atoms with van der Waals surface area (Å²) in [6.45, 7) is -0.558. The van der Waals surface area contributed by atoms with E-state index in [1.807, 2.05) is 0 Å². The molecule has 4 aromatic rings. The number of aromatic nitrogens is 5. The highest BCUT2D eigenvalue weighted by molar-refractivity contribution is 5.47. The van der Waals surface area contributed by atoms with Crippen molar-refractivity contribution in [3.05, 3.63) is 93.4 Å². The molecule has 15 heteroatoms. The molecule has 1 aliphatic carbocycles. The zero-order chi connectivity index (χ0) is 30.5. The first-order chi connectivity index (χ1) is 19.8. The molecule has 0 unspecified atom stereocenters. The highest BCUT2D eigenvalue weighted by Crippen LogP contribution is 2.34. The molecular formula is C27H23F8N5O2. The molecule has 1 fully saturated rings. The lowest BCUT2D eigenvalue weighted by atomic mass is 9.84. The smallest absolute Gasteiger partial charge is 0.413 e. The fraction of sp³-hybridized carbons (Fsp3) is 0.370. The highest BCUT2D eigenvalue weighted by Gasteiger charge is 2.34. The fourth-order valence-electron chi connectivity index (χ4n) is 4.50. The molecule has 0 saturated heterocycles. The van der Waals surface area contributed by atoms with Crippen LogP contribution < -0.4 is 5.56 Å². The van der Waals surface area contributed by atoms with Crippen LogP contribution in [-0.4, -0.2) is 25.0 Å². The lowest BCUT2D eigenvalue weighted by Gasteiger charge is -2.22. The SMILES string of the molecule is FC(F)(F)c1ccccc1.O=c1c(C2CCCCC2)cc(-c2nnc(C(F)F)o2)nn1Cc1ncccc1C(F)(F)F. The third-order valence-electron chi connectivity index (χ3n) is 6.49.